The van der Waals surface area contributed by atoms with Crippen molar-refractivity contribution in [3.05, 3.63) is 29.3 Å². The molecule has 1 aliphatic rings. The minimum absolute atomic E-state index is 0. The highest BCUT2D eigenvalue weighted by Crippen LogP contribution is 2.20. The first-order valence-electron chi connectivity index (χ1n) is 7.92. The van der Waals surface area contributed by atoms with Crippen molar-refractivity contribution in [2.45, 2.75) is 45.6 Å². The summed E-state index contributed by atoms with van der Waals surface area (Å²) in [7, 11) is 0. The number of hydrogen-bond acceptors (Lipinski definition) is 3. The summed E-state index contributed by atoms with van der Waals surface area (Å²) in [4.78, 5) is 14.6. The van der Waals surface area contributed by atoms with Crippen molar-refractivity contribution in [3.63, 3.8) is 0 Å². The number of carbonyl (C=O) groups excluding carboxylic acids is 1. The molecule has 1 heterocycles. The number of amides is 1. The van der Waals surface area contributed by atoms with E-state index in [2.05, 4.69) is 23.2 Å². The van der Waals surface area contributed by atoms with Gasteiger partial charge < -0.3 is 11.1 Å². The molecule has 4 nitrogen and oxygen atoms in total. The fourth-order valence-corrected chi connectivity index (χ4v) is 3.05. The summed E-state index contributed by atoms with van der Waals surface area (Å²) in [5, 5.41) is 3.05. The van der Waals surface area contributed by atoms with Gasteiger partial charge in [0.25, 0.3) is 0 Å². The van der Waals surface area contributed by atoms with Gasteiger partial charge in [0.1, 0.15) is 0 Å². The standard InChI is InChI=1S/C17H27N3O.ClH/c1-13-6-5-8-16(14(13)2)19-17(21)12-20-11-4-3-7-15(20)9-10-18;/h5-6,8,15H,3-4,7,9-12,18H2,1-2H3,(H,19,21);1H. The molecule has 1 aromatic carbocycles. The number of aryl methyl sites for hydroxylation is 1. The van der Waals surface area contributed by atoms with Crippen LogP contribution in [0.2, 0.25) is 0 Å². The molecular weight excluding hydrogens is 298 g/mol. The number of rotatable bonds is 5. The third-order valence-electron chi connectivity index (χ3n) is 4.47. The molecule has 1 fully saturated rings. The molecule has 1 saturated heterocycles. The SMILES string of the molecule is Cc1cccc(NC(=O)CN2CCCCC2CCN)c1C.Cl. The Bertz CT molecular complexity index is 491. The molecule has 1 aromatic rings. The molecule has 2 rings (SSSR count). The van der Waals surface area contributed by atoms with Gasteiger partial charge in [-0.15, -0.1) is 12.4 Å². The fourth-order valence-electron chi connectivity index (χ4n) is 3.05. The number of likely N-dealkylation sites (tertiary alicyclic amines) is 1. The average Bonchev–Trinajstić information content (AvgIpc) is 2.46. The molecule has 1 aliphatic heterocycles. The maximum atomic E-state index is 12.3. The summed E-state index contributed by atoms with van der Waals surface area (Å²) in [6.07, 6.45) is 4.57. The Morgan fingerprint density at radius 2 is 2.14 bits per heavy atom. The van der Waals surface area contributed by atoms with E-state index in [1.807, 2.05) is 19.1 Å². The highest BCUT2D eigenvalue weighted by Gasteiger charge is 2.23. The van der Waals surface area contributed by atoms with Crippen LogP contribution in [0.4, 0.5) is 5.69 Å². The van der Waals surface area contributed by atoms with Gasteiger partial charge in [0.15, 0.2) is 0 Å². The molecule has 1 atom stereocenters. The van der Waals surface area contributed by atoms with Gasteiger partial charge in [-0.1, -0.05) is 18.6 Å². The molecule has 1 unspecified atom stereocenters. The van der Waals surface area contributed by atoms with Crippen LogP contribution < -0.4 is 11.1 Å². The molecule has 5 heteroatoms. The lowest BCUT2D eigenvalue weighted by Gasteiger charge is -2.35. The first kappa shape index (κ1) is 18.9. The van der Waals surface area contributed by atoms with E-state index in [-0.39, 0.29) is 18.3 Å². The molecule has 0 aliphatic carbocycles. The van der Waals surface area contributed by atoms with E-state index in [9.17, 15) is 4.79 Å². The predicted molar refractivity (Wildman–Crippen MR) is 94.7 cm³/mol. The maximum absolute atomic E-state index is 12.3. The van der Waals surface area contributed by atoms with Crippen molar-refractivity contribution in [1.29, 1.82) is 0 Å². The normalized spacial score (nSPS) is 18.6. The van der Waals surface area contributed by atoms with Crippen molar-refractivity contribution < 1.29 is 4.79 Å². The van der Waals surface area contributed by atoms with Gasteiger partial charge in [0.05, 0.1) is 6.54 Å². The van der Waals surface area contributed by atoms with Crippen molar-refractivity contribution >= 4 is 24.0 Å². The van der Waals surface area contributed by atoms with E-state index in [4.69, 9.17) is 5.73 Å². The van der Waals surface area contributed by atoms with E-state index in [0.717, 1.165) is 30.6 Å². The monoisotopic (exact) mass is 325 g/mol. The number of nitrogens with zero attached hydrogens (tertiary/aromatic N) is 1. The van der Waals surface area contributed by atoms with E-state index in [0.29, 0.717) is 19.1 Å². The van der Waals surface area contributed by atoms with Gasteiger partial charge >= 0.3 is 0 Å². The Hall–Kier alpha value is -1.10. The molecule has 22 heavy (non-hydrogen) atoms. The smallest absolute Gasteiger partial charge is 0.238 e. The van der Waals surface area contributed by atoms with Crippen LogP contribution in [0.1, 0.15) is 36.8 Å². The molecule has 0 radical (unpaired) electrons. The Morgan fingerprint density at radius 3 is 2.86 bits per heavy atom. The third-order valence-corrected chi connectivity index (χ3v) is 4.47. The number of piperidine rings is 1. The first-order chi connectivity index (χ1) is 10.1. The van der Waals surface area contributed by atoms with Gasteiger partial charge in [0.2, 0.25) is 5.91 Å². The number of halogens is 1. The average molecular weight is 326 g/mol. The Balaban J connectivity index is 0.00000242. The summed E-state index contributed by atoms with van der Waals surface area (Å²) in [5.74, 6) is 0.0765. The van der Waals surface area contributed by atoms with E-state index < -0.39 is 0 Å². The first-order valence-corrected chi connectivity index (χ1v) is 7.92. The Morgan fingerprint density at radius 1 is 1.36 bits per heavy atom. The largest absolute Gasteiger partial charge is 0.330 e. The minimum atomic E-state index is 0. The molecule has 124 valence electrons. The Kier molecular flexibility index (Phi) is 7.87. The zero-order valence-electron chi connectivity index (χ0n) is 13.6. The summed E-state index contributed by atoms with van der Waals surface area (Å²) in [5.41, 5.74) is 8.95. The van der Waals surface area contributed by atoms with Crippen molar-refractivity contribution in [2.24, 2.45) is 5.73 Å². The van der Waals surface area contributed by atoms with Gasteiger partial charge in [0, 0.05) is 11.7 Å². The van der Waals surface area contributed by atoms with E-state index in [1.54, 1.807) is 0 Å². The van der Waals surface area contributed by atoms with Crippen LogP contribution in [0.25, 0.3) is 0 Å². The molecule has 3 N–H and O–H groups in total. The topological polar surface area (TPSA) is 58.4 Å². The second-order valence-electron chi connectivity index (χ2n) is 5.99. The number of benzene rings is 1. The summed E-state index contributed by atoms with van der Waals surface area (Å²) < 4.78 is 0. The van der Waals surface area contributed by atoms with Gasteiger partial charge in [-0.2, -0.15) is 0 Å². The number of carbonyl (C=O) groups is 1. The summed E-state index contributed by atoms with van der Waals surface area (Å²) in [6.45, 7) is 6.28. The number of nitrogens with one attached hydrogen (secondary N) is 1. The van der Waals surface area contributed by atoms with Crippen LogP contribution in [-0.4, -0.2) is 36.5 Å². The van der Waals surface area contributed by atoms with Crippen LogP contribution in [0, 0.1) is 13.8 Å². The second-order valence-corrected chi connectivity index (χ2v) is 5.99. The van der Waals surface area contributed by atoms with E-state index in [1.165, 1.54) is 18.4 Å². The molecule has 0 aromatic heterocycles. The third kappa shape index (κ3) is 4.97. The zero-order valence-corrected chi connectivity index (χ0v) is 14.4. The van der Waals surface area contributed by atoms with Crippen molar-refractivity contribution in [1.82, 2.24) is 4.90 Å². The Labute approximate surface area is 139 Å². The molecular formula is C17H28ClN3O. The van der Waals surface area contributed by atoms with Crippen LogP contribution in [-0.2, 0) is 4.79 Å². The molecule has 1 amide bonds. The van der Waals surface area contributed by atoms with Crippen LogP contribution >= 0.6 is 12.4 Å². The van der Waals surface area contributed by atoms with Crippen LogP contribution in [0.15, 0.2) is 18.2 Å². The van der Waals surface area contributed by atoms with Crippen LogP contribution in [0.5, 0.6) is 0 Å². The van der Waals surface area contributed by atoms with Gasteiger partial charge in [-0.25, -0.2) is 0 Å². The molecule has 0 bridgehead atoms. The summed E-state index contributed by atoms with van der Waals surface area (Å²) in [6, 6.07) is 6.48. The van der Waals surface area contributed by atoms with Crippen molar-refractivity contribution in [2.75, 3.05) is 25.0 Å². The molecule has 0 saturated carbocycles. The predicted octanol–water partition coefficient (Wildman–Crippen LogP) is 2.87. The van der Waals surface area contributed by atoms with Gasteiger partial charge in [-0.3, -0.25) is 9.69 Å². The highest BCUT2D eigenvalue weighted by molar-refractivity contribution is 5.93. The lowest BCUT2D eigenvalue weighted by molar-refractivity contribution is -0.118. The number of nitrogens with two attached hydrogens (primary N) is 1. The lowest BCUT2D eigenvalue weighted by Crippen LogP contribution is -2.44. The van der Waals surface area contributed by atoms with E-state index >= 15 is 0 Å². The fraction of sp³-hybridized carbons (Fsp3) is 0.588. The van der Waals surface area contributed by atoms with Crippen molar-refractivity contribution in [3.8, 4) is 0 Å². The number of hydrogen-bond donors (Lipinski definition) is 2. The second kappa shape index (κ2) is 9.13. The number of anilines is 1. The molecule has 0 spiro atoms. The highest BCUT2D eigenvalue weighted by atomic mass is 35.5. The van der Waals surface area contributed by atoms with Gasteiger partial charge in [-0.05, 0) is 63.4 Å². The lowest BCUT2D eigenvalue weighted by atomic mass is 9.99. The quantitative estimate of drug-likeness (QED) is 0.875. The van der Waals surface area contributed by atoms with Crippen LogP contribution in [0.3, 0.4) is 0 Å². The summed E-state index contributed by atoms with van der Waals surface area (Å²) >= 11 is 0. The minimum Gasteiger partial charge on any atom is -0.330 e. The zero-order chi connectivity index (χ0) is 15.2. The maximum Gasteiger partial charge on any atom is 0.238 e.